The van der Waals surface area contributed by atoms with Gasteiger partial charge in [-0.15, -0.1) is 0 Å². The SMILES string of the molecule is CC1CC(C)CC(NC(=O)NCCOCC(=O)O)C1. The van der Waals surface area contributed by atoms with Gasteiger partial charge in [-0.25, -0.2) is 9.59 Å². The monoisotopic (exact) mass is 272 g/mol. The molecule has 110 valence electrons. The van der Waals surface area contributed by atoms with E-state index in [4.69, 9.17) is 9.84 Å². The van der Waals surface area contributed by atoms with Crippen LogP contribution in [0, 0.1) is 11.8 Å². The minimum Gasteiger partial charge on any atom is -0.480 e. The highest BCUT2D eigenvalue weighted by Crippen LogP contribution is 2.28. The number of hydrogen-bond acceptors (Lipinski definition) is 3. The van der Waals surface area contributed by atoms with E-state index in [0.29, 0.717) is 18.4 Å². The number of carbonyl (C=O) groups excluding carboxylic acids is 1. The van der Waals surface area contributed by atoms with Crippen LogP contribution in [0.4, 0.5) is 4.79 Å². The Bertz CT molecular complexity index is 299. The van der Waals surface area contributed by atoms with Gasteiger partial charge in [-0.05, 0) is 31.1 Å². The van der Waals surface area contributed by atoms with E-state index in [1.165, 1.54) is 6.42 Å². The summed E-state index contributed by atoms with van der Waals surface area (Å²) in [5.41, 5.74) is 0. The van der Waals surface area contributed by atoms with Gasteiger partial charge in [-0.1, -0.05) is 13.8 Å². The number of aliphatic carboxylic acids is 1. The zero-order chi connectivity index (χ0) is 14.3. The summed E-state index contributed by atoms with van der Waals surface area (Å²) in [5, 5.41) is 14.0. The van der Waals surface area contributed by atoms with E-state index in [9.17, 15) is 9.59 Å². The molecule has 2 unspecified atom stereocenters. The molecule has 1 saturated carbocycles. The largest absolute Gasteiger partial charge is 0.480 e. The van der Waals surface area contributed by atoms with Crippen molar-refractivity contribution in [2.75, 3.05) is 19.8 Å². The fourth-order valence-electron chi connectivity index (χ4n) is 2.70. The standard InChI is InChI=1S/C13H24N2O4/c1-9-5-10(2)7-11(6-9)15-13(18)14-3-4-19-8-12(16)17/h9-11H,3-8H2,1-2H3,(H,16,17)(H2,14,15,18). The highest BCUT2D eigenvalue weighted by atomic mass is 16.5. The van der Waals surface area contributed by atoms with Crippen LogP contribution in [0.5, 0.6) is 0 Å². The molecule has 0 aromatic carbocycles. The van der Waals surface area contributed by atoms with Gasteiger partial charge in [-0.3, -0.25) is 0 Å². The Morgan fingerprint density at radius 2 is 1.84 bits per heavy atom. The average Bonchev–Trinajstić information content (AvgIpc) is 2.26. The molecular weight excluding hydrogens is 248 g/mol. The fraction of sp³-hybridized carbons (Fsp3) is 0.846. The summed E-state index contributed by atoms with van der Waals surface area (Å²) in [6.07, 6.45) is 3.27. The molecule has 0 radical (unpaired) electrons. The van der Waals surface area contributed by atoms with E-state index >= 15 is 0 Å². The third-order valence-electron chi connectivity index (χ3n) is 3.27. The predicted octanol–water partition coefficient (Wildman–Crippen LogP) is 1.21. The molecule has 2 atom stereocenters. The van der Waals surface area contributed by atoms with Crippen LogP contribution in [0.25, 0.3) is 0 Å². The number of amides is 2. The first-order valence-corrected chi connectivity index (χ1v) is 6.81. The number of carboxylic acids is 1. The van der Waals surface area contributed by atoms with Crippen molar-refractivity contribution in [3.8, 4) is 0 Å². The Labute approximate surface area is 113 Å². The number of nitrogens with one attached hydrogen (secondary N) is 2. The highest BCUT2D eigenvalue weighted by molar-refractivity contribution is 5.74. The Kier molecular flexibility index (Phi) is 6.62. The smallest absolute Gasteiger partial charge is 0.329 e. The van der Waals surface area contributed by atoms with Crippen molar-refractivity contribution < 1.29 is 19.4 Å². The maximum absolute atomic E-state index is 11.6. The lowest BCUT2D eigenvalue weighted by Gasteiger charge is -2.31. The first-order chi connectivity index (χ1) is 8.97. The molecule has 0 heterocycles. The maximum Gasteiger partial charge on any atom is 0.329 e. The molecule has 0 saturated heterocycles. The molecule has 1 fully saturated rings. The van der Waals surface area contributed by atoms with E-state index in [1.54, 1.807) is 0 Å². The van der Waals surface area contributed by atoms with E-state index in [0.717, 1.165) is 12.8 Å². The van der Waals surface area contributed by atoms with Crippen LogP contribution in [0.1, 0.15) is 33.1 Å². The van der Waals surface area contributed by atoms with Crippen molar-refractivity contribution >= 4 is 12.0 Å². The first kappa shape index (κ1) is 15.8. The summed E-state index contributed by atoms with van der Waals surface area (Å²) >= 11 is 0. The van der Waals surface area contributed by atoms with Crippen molar-refractivity contribution in [1.82, 2.24) is 10.6 Å². The van der Waals surface area contributed by atoms with E-state index in [2.05, 4.69) is 24.5 Å². The molecule has 0 spiro atoms. The fourth-order valence-corrected chi connectivity index (χ4v) is 2.70. The zero-order valence-electron chi connectivity index (χ0n) is 11.6. The topological polar surface area (TPSA) is 87.7 Å². The maximum atomic E-state index is 11.6. The average molecular weight is 272 g/mol. The minimum absolute atomic E-state index is 0.203. The lowest BCUT2D eigenvalue weighted by atomic mass is 9.80. The van der Waals surface area contributed by atoms with Crippen molar-refractivity contribution in [2.45, 2.75) is 39.2 Å². The zero-order valence-corrected chi connectivity index (χ0v) is 11.6. The highest BCUT2D eigenvalue weighted by Gasteiger charge is 2.24. The van der Waals surface area contributed by atoms with Gasteiger partial charge in [-0.2, -0.15) is 0 Å². The van der Waals surface area contributed by atoms with Gasteiger partial charge in [0.05, 0.1) is 6.61 Å². The molecular formula is C13H24N2O4. The van der Waals surface area contributed by atoms with Gasteiger partial charge in [0.25, 0.3) is 0 Å². The summed E-state index contributed by atoms with van der Waals surface area (Å²) in [6.45, 7) is 4.61. The molecule has 3 N–H and O–H groups in total. The van der Waals surface area contributed by atoms with Crippen molar-refractivity contribution in [3.63, 3.8) is 0 Å². The molecule has 6 nitrogen and oxygen atoms in total. The first-order valence-electron chi connectivity index (χ1n) is 6.81. The summed E-state index contributed by atoms with van der Waals surface area (Å²) in [6, 6.07) is 0.0314. The van der Waals surface area contributed by atoms with Gasteiger partial charge in [0, 0.05) is 12.6 Å². The third kappa shape index (κ3) is 7.00. The predicted molar refractivity (Wildman–Crippen MR) is 71.0 cm³/mol. The van der Waals surface area contributed by atoms with Gasteiger partial charge < -0.3 is 20.5 Å². The number of urea groups is 1. The number of ether oxygens (including phenoxy) is 1. The Balaban J connectivity index is 2.11. The summed E-state index contributed by atoms with van der Waals surface area (Å²) in [5.74, 6) is 0.288. The second kappa shape index (κ2) is 7.99. The Morgan fingerprint density at radius 3 is 2.42 bits per heavy atom. The van der Waals surface area contributed by atoms with E-state index in [1.807, 2.05) is 0 Å². The molecule has 6 heteroatoms. The van der Waals surface area contributed by atoms with Gasteiger partial charge in [0.15, 0.2) is 0 Å². The van der Waals surface area contributed by atoms with Crippen LogP contribution in [-0.4, -0.2) is 42.9 Å². The lowest BCUT2D eigenvalue weighted by molar-refractivity contribution is -0.142. The van der Waals surface area contributed by atoms with E-state index in [-0.39, 0.29) is 25.3 Å². The normalized spacial score (nSPS) is 26.7. The molecule has 1 aliphatic carbocycles. The molecule has 19 heavy (non-hydrogen) atoms. The molecule has 0 aliphatic heterocycles. The second-order valence-electron chi connectivity index (χ2n) is 5.46. The summed E-state index contributed by atoms with van der Waals surface area (Å²) in [7, 11) is 0. The van der Waals surface area contributed by atoms with Crippen LogP contribution in [0.15, 0.2) is 0 Å². The van der Waals surface area contributed by atoms with Crippen LogP contribution < -0.4 is 10.6 Å². The Hall–Kier alpha value is -1.30. The molecule has 1 rings (SSSR count). The van der Waals surface area contributed by atoms with Crippen LogP contribution >= 0.6 is 0 Å². The van der Waals surface area contributed by atoms with Crippen LogP contribution in [-0.2, 0) is 9.53 Å². The molecule has 0 aromatic rings. The van der Waals surface area contributed by atoms with Crippen LogP contribution in [0.3, 0.4) is 0 Å². The van der Waals surface area contributed by atoms with Crippen molar-refractivity contribution in [2.24, 2.45) is 11.8 Å². The quantitative estimate of drug-likeness (QED) is 0.634. The molecule has 0 aromatic heterocycles. The molecule has 1 aliphatic rings. The molecule has 2 amide bonds. The lowest BCUT2D eigenvalue weighted by Crippen LogP contribution is -2.45. The van der Waals surface area contributed by atoms with Crippen LogP contribution in [0.2, 0.25) is 0 Å². The molecule has 0 bridgehead atoms. The van der Waals surface area contributed by atoms with E-state index < -0.39 is 5.97 Å². The van der Waals surface area contributed by atoms with Crippen molar-refractivity contribution in [1.29, 1.82) is 0 Å². The minimum atomic E-state index is -1.00. The third-order valence-corrected chi connectivity index (χ3v) is 3.27. The summed E-state index contributed by atoms with van der Waals surface area (Å²) < 4.78 is 4.83. The number of rotatable bonds is 6. The van der Waals surface area contributed by atoms with Gasteiger partial charge in [0.1, 0.15) is 6.61 Å². The number of carboxylic acid groups (broad SMARTS) is 1. The van der Waals surface area contributed by atoms with Gasteiger partial charge in [0.2, 0.25) is 0 Å². The second-order valence-corrected chi connectivity index (χ2v) is 5.46. The number of carbonyl (C=O) groups is 2. The summed E-state index contributed by atoms with van der Waals surface area (Å²) in [4.78, 5) is 21.8. The van der Waals surface area contributed by atoms with Gasteiger partial charge >= 0.3 is 12.0 Å². The Morgan fingerprint density at radius 1 is 1.21 bits per heavy atom. The number of hydrogen-bond donors (Lipinski definition) is 3. The van der Waals surface area contributed by atoms with Crippen molar-refractivity contribution in [3.05, 3.63) is 0 Å².